The predicted octanol–water partition coefficient (Wildman–Crippen LogP) is 1.34. The number of pyridine rings is 1. The van der Waals surface area contributed by atoms with E-state index in [0.717, 1.165) is 37.3 Å². The van der Waals surface area contributed by atoms with Crippen molar-refractivity contribution in [2.75, 3.05) is 18.0 Å². The third-order valence-electron chi connectivity index (χ3n) is 3.40. The normalized spacial score (nSPS) is 17.8. The summed E-state index contributed by atoms with van der Waals surface area (Å²) in [7, 11) is 0. The zero-order chi connectivity index (χ0) is 12.6. The molecule has 0 bridgehead atoms. The molecular formula is C13H17N5. The molecule has 1 aliphatic rings. The Bertz CT molecular complexity index is 562. The maximum atomic E-state index is 6.26. The first kappa shape index (κ1) is 11.3. The molecule has 0 radical (unpaired) electrons. The number of aromatic nitrogens is 3. The van der Waals surface area contributed by atoms with Crippen molar-refractivity contribution in [2.24, 2.45) is 5.73 Å². The molecule has 0 saturated carbocycles. The van der Waals surface area contributed by atoms with E-state index < -0.39 is 0 Å². The molecule has 3 rings (SSSR count). The fourth-order valence-corrected chi connectivity index (χ4v) is 2.55. The lowest BCUT2D eigenvalue weighted by atomic mass is 9.86. The van der Waals surface area contributed by atoms with Gasteiger partial charge in [0.1, 0.15) is 11.3 Å². The summed E-state index contributed by atoms with van der Waals surface area (Å²) in [6.07, 6.45) is 5.54. The fraction of sp³-hybridized carbons (Fsp3) is 0.462. The zero-order valence-corrected chi connectivity index (χ0v) is 10.5. The molecule has 5 heteroatoms. The molecule has 3 heterocycles. The van der Waals surface area contributed by atoms with Crippen molar-refractivity contribution in [1.29, 1.82) is 0 Å². The Hall–Kier alpha value is -1.75. The van der Waals surface area contributed by atoms with Gasteiger partial charge in [0.05, 0.1) is 5.54 Å². The van der Waals surface area contributed by atoms with Crippen molar-refractivity contribution in [3.05, 3.63) is 24.5 Å². The van der Waals surface area contributed by atoms with Crippen LogP contribution in [0, 0.1) is 0 Å². The van der Waals surface area contributed by atoms with Gasteiger partial charge in [0.2, 0.25) is 0 Å². The number of fused-ring (bicyclic) bond motifs is 1. The summed E-state index contributed by atoms with van der Waals surface area (Å²) in [4.78, 5) is 15.2. The van der Waals surface area contributed by atoms with E-state index in [1.165, 1.54) is 0 Å². The summed E-state index contributed by atoms with van der Waals surface area (Å²) >= 11 is 0. The molecule has 2 aromatic heterocycles. The summed E-state index contributed by atoms with van der Waals surface area (Å²) in [5, 5.41) is 0. The Kier molecular flexibility index (Phi) is 2.63. The minimum Gasteiger partial charge on any atom is -0.353 e. The number of anilines is 1. The molecule has 0 aliphatic carbocycles. The maximum absolute atomic E-state index is 6.26. The molecule has 0 aromatic carbocycles. The Morgan fingerprint density at radius 3 is 2.83 bits per heavy atom. The predicted molar refractivity (Wildman–Crippen MR) is 71.4 cm³/mol. The summed E-state index contributed by atoms with van der Waals surface area (Å²) in [6, 6.07) is 3.95. The molecule has 94 valence electrons. The molecule has 0 amide bonds. The average Bonchev–Trinajstić information content (AvgIpc) is 2.35. The van der Waals surface area contributed by atoms with E-state index in [4.69, 9.17) is 5.73 Å². The standard InChI is InChI=1S/C13H17N5/c1-2-5-13(14)8-18(9-13)11-4-3-10-12(17-11)16-7-6-15-10/h3-4,6-7H,2,5,8-9,14H2,1H3. The van der Waals surface area contributed by atoms with E-state index >= 15 is 0 Å². The summed E-state index contributed by atoms with van der Waals surface area (Å²) in [5.41, 5.74) is 7.74. The lowest BCUT2D eigenvalue weighted by Gasteiger charge is -2.48. The van der Waals surface area contributed by atoms with Crippen molar-refractivity contribution < 1.29 is 0 Å². The third-order valence-corrected chi connectivity index (χ3v) is 3.40. The van der Waals surface area contributed by atoms with Gasteiger partial charge < -0.3 is 10.6 Å². The van der Waals surface area contributed by atoms with Gasteiger partial charge in [-0.15, -0.1) is 0 Å². The second kappa shape index (κ2) is 4.17. The van der Waals surface area contributed by atoms with Gasteiger partial charge in [0.15, 0.2) is 5.65 Å². The van der Waals surface area contributed by atoms with Crippen LogP contribution in [0.25, 0.3) is 11.2 Å². The minimum atomic E-state index is -0.0340. The highest BCUT2D eigenvalue weighted by atomic mass is 15.3. The Labute approximate surface area is 106 Å². The van der Waals surface area contributed by atoms with Crippen molar-refractivity contribution in [1.82, 2.24) is 15.0 Å². The number of nitrogens with two attached hydrogens (primary N) is 1. The molecule has 18 heavy (non-hydrogen) atoms. The summed E-state index contributed by atoms with van der Waals surface area (Å²) in [6.45, 7) is 3.92. The first-order chi connectivity index (χ1) is 8.70. The largest absolute Gasteiger partial charge is 0.353 e. The van der Waals surface area contributed by atoms with Crippen LogP contribution in [-0.2, 0) is 0 Å². The highest BCUT2D eigenvalue weighted by molar-refractivity contribution is 5.72. The Morgan fingerprint density at radius 1 is 1.28 bits per heavy atom. The van der Waals surface area contributed by atoms with E-state index in [2.05, 4.69) is 26.8 Å². The van der Waals surface area contributed by atoms with E-state index in [0.29, 0.717) is 5.65 Å². The van der Waals surface area contributed by atoms with Crippen LogP contribution in [0.15, 0.2) is 24.5 Å². The van der Waals surface area contributed by atoms with Crippen LogP contribution in [0.5, 0.6) is 0 Å². The number of hydrogen-bond acceptors (Lipinski definition) is 5. The average molecular weight is 243 g/mol. The molecule has 5 nitrogen and oxygen atoms in total. The van der Waals surface area contributed by atoms with Gasteiger partial charge in [0, 0.05) is 25.5 Å². The maximum Gasteiger partial charge on any atom is 0.180 e. The van der Waals surface area contributed by atoms with E-state index in [1.54, 1.807) is 12.4 Å². The van der Waals surface area contributed by atoms with Gasteiger partial charge in [-0.3, -0.25) is 4.98 Å². The highest BCUT2D eigenvalue weighted by Gasteiger charge is 2.39. The van der Waals surface area contributed by atoms with E-state index in [1.807, 2.05) is 12.1 Å². The topological polar surface area (TPSA) is 67.9 Å². The molecule has 1 fully saturated rings. The van der Waals surface area contributed by atoms with Crippen molar-refractivity contribution in [3.63, 3.8) is 0 Å². The fourth-order valence-electron chi connectivity index (χ4n) is 2.55. The molecule has 1 saturated heterocycles. The molecule has 0 unspecified atom stereocenters. The van der Waals surface area contributed by atoms with Crippen LogP contribution in [0.4, 0.5) is 5.82 Å². The van der Waals surface area contributed by atoms with E-state index in [9.17, 15) is 0 Å². The monoisotopic (exact) mass is 243 g/mol. The molecular weight excluding hydrogens is 226 g/mol. The molecule has 0 atom stereocenters. The minimum absolute atomic E-state index is 0.0340. The second-order valence-corrected chi connectivity index (χ2v) is 5.04. The van der Waals surface area contributed by atoms with Crippen LogP contribution in [0.3, 0.4) is 0 Å². The first-order valence-electron chi connectivity index (χ1n) is 6.32. The lowest BCUT2D eigenvalue weighted by Crippen LogP contribution is -2.67. The van der Waals surface area contributed by atoms with Gasteiger partial charge in [-0.1, -0.05) is 13.3 Å². The lowest BCUT2D eigenvalue weighted by molar-refractivity contribution is 0.306. The summed E-state index contributed by atoms with van der Waals surface area (Å²) < 4.78 is 0. The Balaban J connectivity index is 1.80. The van der Waals surface area contributed by atoms with Gasteiger partial charge in [-0.25, -0.2) is 9.97 Å². The number of nitrogens with zero attached hydrogens (tertiary/aromatic N) is 4. The van der Waals surface area contributed by atoms with E-state index in [-0.39, 0.29) is 5.54 Å². The molecule has 2 aromatic rings. The van der Waals surface area contributed by atoms with Crippen molar-refractivity contribution >= 4 is 17.0 Å². The van der Waals surface area contributed by atoms with Gasteiger partial charge in [-0.05, 0) is 18.6 Å². The Morgan fingerprint density at radius 2 is 2.06 bits per heavy atom. The van der Waals surface area contributed by atoms with Crippen molar-refractivity contribution in [2.45, 2.75) is 25.3 Å². The quantitative estimate of drug-likeness (QED) is 0.881. The number of rotatable bonds is 3. The van der Waals surface area contributed by atoms with Gasteiger partial charge >= 0.3 is 0 Å². The van der Waals surface area contributed by atoms with Crippen molar-refractivity contribution in [3.8, 4) is 0 Å². The molecule has 0 spiro atoms. The van der Waals surface area contributed by atoms with Crippen LogP contribution in [-0.4, -0.2) is 33.6 Å². The zero-order valence-electron chi connectivity index (χ0n) is 10.5. The van der Waals surface area contributed by atoms with Crippen LogP contribution >= 0.6 is 0 Å². The van der Waals surface area contributed by atoms with Gasteiger partial charge in [-0.2, -0.15) is 0 Å². The highest BCUT2D eigenvalue weighted by Crippen LogP contribution is 2.28. The first-order valence-corrected chi connectivity index (χ1v) is 6.32. The van der Waals surface area contributed by atoms with Gasteiger partial charge in [0.25, 0.3) is 0 Å². The van der Waals surface area contributed by atoms with Crippen LogP contribution in [0.1, 0.15) is 19.8 Å². The summed E-state index contributed by atoms with van der Waals surface area (Å²) in [5.74, 6) is 0.945. The van der Waals surface area contributed by atoms with Crippen LogP contribution in [0.2, 0.25) is 0 Å². The second-order valence-electron chi connectivity index (χ2n) is 5.04. The SMILES string of the molecule is CCCC1(N)CN(c2ccc3nccnc3n2)C1. The molecule has 2 N–H and O–H groups in total. The third kappa shape index (κ3) is 1.90. The number of hydrogen-bond donors (Lipinski definition) is 1. The smallest absolute Gasteiger partial charge is 0.180 e. The molecule has 1 aliphatic heterocycles. The van der Waals surface area contributed by atoms with Crippen LogP contribution < -0.4 is 10.6 Å².